The predicted molar refractivity (Wildman–Crippen MR) is 156 cm³/mol. The van der Waals surface area contributed by atoms with Gasteiger partial charge in [0.2, 0.25) is 11.8 Å². The summed E-state index contributed by atoms with van der Waals surface area (Å²) in [5, 5.41) is 6.18. The Labute approximate surface area is 237 Å². The molecule has 2 N–H and O–H groups in total. The number of aromatic nitrogens is 1. The summed E-state index contributed by atoms with van der Waals surface area (Å²) >= 11 is 0. The van der Waals surface area contributed by atoms with Crippen molar-refractivity contribution >= 4 is 29.4 Å². The molecule has 3 aliphatic rings. The molecule has 1 aliphatic carbocycles. The van der Waals surface area contributed by atoms with Gasteiger partial charge in [-0.05, 0) is 74.9 Å². The molecule has 0 radical (unpaired) electrons. The lowest BCUT2D eigenvalue weighted by Gasteiger charge is -2.36. The lowest BCUT2D eigenvalue weighted by molar-refractivity contribution is -0.135. The summed E-state index contributed by atoms with van der Waals surface area (Å²) in [6.07, 6.45) is 6.61. The second-order valence-corrected chi connectivity index (χ2v) is 11.5. The topological polar surface area (TPSA) is 97.9 Å². The Morgan fingerprint density at radius 3 is 2.48 bits per heavy atom. The van der Waals surface area contributed by atoms with Crippen LogP contribution >= 0.6 is 0 Å². The van der Waals surface area contributed by atoms with Crippen molar-refractivity contribution in [3.8, 4) is 0 Å². The van der Waals surface area contributed by atoms with Crippen molar-refractivity contribution in [2.45, 2.75) is 58.4 Å². The van der Waals surface area contributed by atoms with E-state index in [0.29, 0.717) is 39.0 Å². The number of fused-ring (bicyclic) bond motifs is 1. The largest absolute Gasteiger partial charge is 0.356 e. The minimum absolute atomic E-state index is 0.0360. The number of aryl methyl sites for hydroxylation is 2. The molecule has 214 valence electrons. The second-order valence-electron chi connectivity index (χ2n) is 11.5. The number of amides is 4. The third kappa shape index (κ3) is 6.40. The van der Waals surface area contributed by atoms with Gasteiger partial charge in [-0.1, -0.05) is 25.0 Å². The molecule has 2 aromatic rings. The average Bonchev–Trinajstić information content (AvgIpc) is 3.40. The molecule has 3 atom stereocenters. The van der Waals surface area contributed by atoms with Crippen LogP contribution in [-0.2, 0) is 9.59 Å². The molecule has 0 spiro atoms. The Bertz CT molecular complexity index is 1200. The maximum Gasteiger partial charge on any atom is 0.322 e. The van der Waals surface area contributed by atoms with Gasteiger partial charge in [-0.2, -0.15) is 0 Å². The summed E-state index contributed by atoms with van der Waals surface area (Å²) < 4.78 is 0. The molecule has 2 saturated heterocycles. The van der Waals surface area contributed by atoms with Gasteiger partial charge in [-0.3, -0.25) is 9.59 Å². The molecule has 2 aliphatic heterocycles. The molecule has 9 heteroatoms. The minimum atomic E-state index is -0.396. The van der Waals surface area contributed by atoms with Gasteiger partial charge in [0.05, 0.1) is 5.92 Å². The normalized spacial score (nSPS) is 24.1. The molecule has 4 amide bonds. The second kappa shape index (κ2) is 12.7. The highest BCUT2D eigenvalue weighted by Gasteiger charge is 2.46. The first-order chi connectivity index (χ1) is 19.4. The van der Waals surface area contributed by atoms with Crippen molar-refractivity contribution in [2.75, 3.05) is 49.5 Å². The van der Waals surface area contributed by atoms with Gasteiger partial charge in [0.25, 0.3) is 0 Å². The summed E-state index contributed by atoms with van der Waals surface area (Å²) in [5.74, 6) is 0.322. The Kier molecular flexibility index (Phi) is 8.87. The van der Waals surface area contributed by atoms with Crippen molar-refractivity contribution in [2.24, 2.45) is 11.8 Å². The van der Waals surface area contributed by atoms with Gasteiger partial charge in [0.15, 0.2) is 0 Å². The van der Waals surface area contributed by atoms with Gasteiger partial charge in [0, 0.05) is 63.1 Å². The highest BCUT2D eigenvalue weighted by molar-refractivity contribution is 5.91. The first-order valence-corrected chi connectivity index (χ1v) is 14.8. The van der Waals surface area contributed by atoms with Gasteiger partial charge in [-0.15, -0.1) is 0 Å². The zero-order valence-corrected chi connectivity index (χ0v) is 23.8. The molecule has 0 bridgehead atoms. The standard InChI is InChI=1S/C31H42N6O3/c1-22-10-11-25(19-23(22)2)34-31(40)37-14-8-4-3-6-13-33-29(38)26-20-24(21-27(26)37)30(39)36-17-15-35(16-18-36)28-9-5-7-12-32-28/h5,7,9-12,19,24,26-27H,3-4,6,8,13-18,20-21H2,1-2H3,(H,33,38)(H,34,40). The van der Waals surface area contributed by atoms with Crippen LogP contribution in [0.25, 0.3) is 0 Å². The fraction of sp³-hybridized carbons (Fsp3) is 0.548. The molecule has 40 heavy (non-hydrogen) atoms. The highest BCUT2D eigenvalue weighted by atomic mass is 16.2. The number of pyridine rings is 1. The van der Waals surface area contributed by atoms with Crippen molar-refractivity contribution in [3.05, 3.63) is 53.7 Å². The van der Waals surface area contributed by atoms with E-state index in [9.17, 15) is 14.4 Å². The van der Waals surface area contributed by atoms with Crippen LogP contribution in [0, 0.1) is 25.7 Å². The van der Waals surface area contributed by atoms with Crippen LogP contribution in [0.3, 0.4) is 0 Å². The number of anilines is 2. The van der Waals surface area contributed by atoms with E-state index in [-0.39, 0.29) is 29.8 Å². The van der Waals surface area contributed by atoms with Gasteiger partial charge < -0.3 is 25.3 Å². The number of rotatable bonds is 3. The van der Waals surface area contributed by atoms with Crippen LogP contribution in [0.2, 0.25) is 0 Å². The SMILES string of the molecule is Cc1ccc(NC(=O)N2CCCCCCNC(=O)C3CC(C(=O)N4CCN(c5ccccn5)CC4)CC32)cc1C. The number of carbonyl (C=O) groups is 3. The van der Waals surface area contributed by atoms with E-state index in [1.807, 2.05) is 60.0 Å². The lowest BCUT2D eigenvalue weighted by atomic mass is 10.00. The Morgan fingerprint density at radius 1 is 0.925 bits per heavy atom. The summed E-state index contributed by atoms with van der Waals surface area (Å²) in [7, 11) is 0. The number of carbonyl (C=O) groups excluding carboxylic acids is 3. The monoisotopic (exact) mass is 546 g/mol. The molecule has 5 rings (SSSR count). The maximum atomic E-state index is 13.7. The Morgan fingerprint density at radius 2 is 1.73 bits per heavy atom. The van der Waals surface area contributed by atoms with E-state index >= 15 is 0 Å². The molecular formula is C31H42N6O3. The maximum absolute atomic E-state index is 13.7. The summed E-state index contributed by atoms with van der Waals surface area (Å²) in [6.45, 7) is 8.02. The van der Waals surface area contributed by atoms with E-state index in [1.165, 1.54) is 5.56 Å². The Balaban J connectivity index is 1.30. The van der Waals surface area contributed by atoms with Crippen LogP contribution in [0.1, 0.15) is 49.7 Å². The number of hydrogen-bond acceptors (Lipinski definition) is 5. The van der Waals surface area contributed by atoms with Crippen LogP contribution in [0.5, 0.6) is 0 Å². The third-order valence-corrected chi connectivity index (χ3v) is 8.82. The summed E-state index contributed by atoms with van der Waals surface area (Å²) in [5.41, 5.74) is 3.03. The number of urea groups is 1. The van der Waals surface area contributed by atoms with Crippen molar-refractivity contribution in [1.82, 2.24) is 20.1 Å². The van der Waals surface area contributed by atoms with Crippen LogP contribution < -0.4 is 15.5 Å². The molecule has 3 fully saturated rings. The molecule has 3 heterocycles. The number of hydrogen-bond donors (Lipinski definition) is 2. The van der Waals surface area contributed by atoms with E-state index in [4.69, 9.17) is 0 Å². The van der Waals surface area contributed by atoms with Crippen LogP contribution in [0.4, 0.5) is 16.3 Å². The van der Waals surface area contributed by atoms with Crippen LogP contribution in [0.15, 0.2) is 42.6 Å². The number of piperazine rings is 1. The zero-order chi connectivity index (χ0) is 28.1. The van der Waals surface area contributed by atoms with E-state index in [0.717, 1.165) is 55.8 Å². The molecule has 3 unspecified atom stereocenters. The first-order valence-electron chi connectivity index (χ1n) is 14.8. The van der Waals surface area contributed by atoms with E-state index in [2.05, 4.69) is 20.5 Å². The van der Waals surface area contributed by atoms with Gasteiger partial charge in [0.1, 0.15) is 5.82 Å². The van der Waals surface area contributed by atoms with Crippen molar-refractivity contribution in [3.63, 3.8) is 0 Å². The summed E-state index contributed by atoms with van der Waals surface area (Å²) in [4.78, 5) is 51.2. The average molecular weight is 547 g/mol. The molecular weight excluding hydrogens is 504 g/mol. The third-order valence-electron chi connectivity index (χ3n) is 8.82. The molecule has 9 nitrogen and oxygen atoms in total. The van der Waals surface area contributed by atoms with Crippen molar-refractivity contribution in [1.29, 1.82) is 0 Å². The minimum Gasteiger partial charge on any atom is -0.356 e. The number of benzene rings is 1. The van der Waals surface area contributed by atoms with E-state index in [1.54, 1.807) is 6.20 Å². The zero-order valence-electron chi connectivity index (χ0n) is 23.8. The lowest BCUT2D eigenvalue weighted by Crippen LogP contribution is -2.50. The van der Waals surface area contributed by atoms with Crippen LogP contribution in [-0.4, -0.2) is 77.9 Å². The quantitative estimate of drug-likeness (QED) is 0.607. The van der Waals surface area contributed by atoms with E-state index < -0.39 is 5.92 Å². The summed E-state index contributed by atoms with van der Waals surface area (Å²) in [6, 6.07) is 11.3. The smallest absolute Gasteiger partial charge is 0.322 e. The first kappa shape index (κ1) is 27.9. The Hall–Kier alpha value is -3.62. The van der Waals surface area contributed by atoms with Gasteiger partial charge in [-0.25, -0.2) is 9.78 Å². The fourth-order valence-electron chi connectivity index (χ4n) is 6.33. The van der Waals surface area contributed by atoms with Crippen molar-refractivity contribution < 1.29 is 14.4 Å². The fourth-order valence-corrected chi connectivity index (χ4v) is 6.33. The molecule has 1 aromatic carbocycles. The molecule has 1 saturated carbocycles. The highest BCUT2D eigenvalue weighted by Crippen LogP contribution is 2.37. The molecule has 1 aromatic heterocycles. The van der Waals surface area contributed by atoms with Gasteiger partial charge >= 0.3 is 6.03 Å². The number of nitrogens with zero attached hydrogens (tertiary/aromatic N) is 4. The predicted octanol–water partition coefficient (Wildman–Crippen LogP) is 3.97. The number of nitrogens with one attached hydrogen (secondary N) is 2.